The van der Waals surface area contributed by atoms with Gasteiger partial charge >= 0.3 is 5.97 Å². The van der Waals surface area contributed by atoms with Crippen LogP contribution in [0.2, 0.25) is 0 Å². The first-order valence-electron chi connectivity index (χ1n) is 7.87. The summed E-state index contributed by atoms with van der Waals surface area (Å²) in [4.78, 5) is 11.2. The lowest BCUT2D eigenvalue weighted by atomic mass is 9.99. The molecule has 0 bridgehead atoms. The van der Waals surface area contributed by atoms with Crippen LogP contribution in [0.4, 0.5) is 0 Å². The van der Waals surface area contributed by atoms with Crippen LogP contribution in [0, 0.1) is 0 Å². The second kappa shape index (κ2) is 5.82. The van der Waals surface area contributed by atoms with Crippen LogP contribution in [0.25, 0.3) is 32.3 Å². The maximum absolute atomic E-state index is 11.2. The van der Waals surface area contributed by atoms with Crippen LogP contribution >= 0.6 is 0 Å². The number of benzene rings is 4. The number of carbonyl (C=O) groups excluding carboxylic acids is 1. The molecule has 0 amide bonds. The molecule has 0 aliphatic heterocycles. The van der Waals surface area contributed by atoms with Crippen molar-refractivity contribution < 1.29 is 9.53 Å². The Hall–Kier alpha value is -3.13. The number of ether oxygens (including phenoxy) is 1. The molecule has 0 spiro atoms. The number of hydrogen-bond donors (Lipinski definition) is 0. The van der Waals surface area contributed by atoms with Gasteiger partial charge in [0.1, 0.15) is 6.61 Å². The van der Waals surface area contributed by atoms with Crippen molar-refractivity contribution >= 4 is 38.3 Å². The molecule has 0 N–H and O–H groups in total. The molecule has 0 unspecified atom stereocenters. The summed E-state index contributed by atoms with van der Waals surface area (Å²) in [6, 6.07) is 23.4. The summed E-state index contributed by atoms with van der Waals surface area (Å²) in [7, 11) is 0. The number of esters is 1. The van der Waals surface area contributed by atoms with Crippen molar-refractivity contribution in [1.29, 1.82) is 0 Å². The number of hydrogen-bond acceptors (Lipinski definition) is 2. The molecular weight excluding hydrogens is 296 g/mol. The predicted octanol–water partition coefficient (Wildman–Crippen LogP) is 5.38. The maximum atomic E-state index is 11.2. The lowest BCUT2D eigenvalue weighted by molar-refractivity contribution is -0.138. The molecule has 4 aromatic carbocycles. The highest BCUT2D eigenvalue weighted by Crippen LogP contribution is 2.28. The highest BCUT2D eigenvalue weighted by atomic mass is 16.5. The van der Waals surface area contributed by atoms with Crippen molar-refractivity contribution in [2.24, 2.45) is 0 Å². The summed E-state index contributed by atoms with van der Waals surface area (Å²) >= 11 is 0. The molecule has 0 aromatic heterocycles. The third kappa shape index (κ3) is 2.63. The lowest BCUT2D eigenvalue weighted by Gasteiger charge is -2.07. The average molecular weight is 312 g/mol. The zero-order valence-electron chi connectivity index (χ0n) is 13.2. The molecule has 0 atom stereocenters. The third-order valence-electron chi connectivity index (χ3n) is 4.27. The molecule has 0 saturated carbocycles. The largest absolute Gasteiger partial charge is 0.458 e. The van der Waals surface area contributed by atoms with E-state index in [1.54, 1.807) is 0 Å². The molecule has 0 aliphatic rings. The van der Waals surface area contributed by atoms with Crippen LogP contribution in [0.1, 0.15) is 5.56 Å². The molecule has 2 heteroatoms. The van der Waals surface area contributed by atoms with Gasteiger partial charge in [-0.3, -0.25) is 0 Å². The van der Waals surface area contributed by atoms with Gasteiger partial charge in [0.05, 0.1) is 0 Å². The number of rotatable bonds is 3. The zero-order chi connectivity index (χ0) is 16.5. The smallest absolute Gasteiger partial charge is 0.330 e. The Morgan fingerprint density at radius 3 is 1.96 bits per heavy atom. The van der Waals surface area contributed by atoms with E-state index < -0.39 is 5.97 Å². The van der Waals surface area contributed by atoms with Crippen molar-refractivity contribution in [2.45, 2.75) is 6.61 Å². The van der Waals surface area contributed by atoms with Gasteiger partial charge in [-0.15, -0.1) is 0 Å². The Bertz CT molecular complexity index is 1090. The first-order chi connectivity index (χ1) is 11.7. The predicted molar refractivity (Wildman–Crippen MR) is 99.0 cm³/mol. The van der Waals surface area contributed by atoms with Crippen molar-refractivity contribution in [3.05, 3.63) is 84.9 Å². The third-order valence-corrected chi connectivity index (χ3v) is 4.27. The minimum atomic E-state index is -0.403. The maximum Gasteiger partial charge on any atom is 0.330 e. The standard InChI is InChI=1S/C22H16O2/c1-2-22(23)24-14-15-7-8-18-12-20-10-16-5-3-4-6-17(16)11-21(20)13-19(18)9-15/h2-13H,1,14H2. The summed E-state index contributed by atoms with van der Waals surface area (Å²) in [5.41, 5.74) is 0.970. The molecule has 0 fully saturated rings. The fraction of sp³-hybridized carbons (Fsp3) is 0.0455. The van der Waals surface area contributed by atoms with E-state index >= 15 is 0 Å². The van der Waals surface area contributed by atoms with Gasteiger partial charge in [0.15, 0.2) is 0 Å². The molecule has 0 heterocycles. The Balaban J connectivity index is 1.81. The second-order valence-corrected chi connectivity index (χ2v) is 5.89. The average Bonchev–Trinajstić information content (AvgIpc) is 2.62. The SMILES string of the molecule is C=CC(=O)OCc1ccc2cc3cc4ccccc4cc3cc2c1. The Morgan fingerprint density at radius 1 is 0.792 bits per heavy atom. The van der Waals surface area contributed by atoms with E-state index in [2.05, 4.69) is 67.2 Å². The molecule has 0 saturated heterocycles. The van der Waals surface area contributed by atoms with E-state index in [0.29, 0.717) is 0 Å². The lowest BCUT2D eigenvalue weighted by Crippen LogP contribution is -1.99. The summed E-state index contributed by atoms with van der Waals surface area (Å²) < 4.78 is 5.11. The van der Waals surface area contributed by atoms with Crippen molar-refractivity contribution in [1.82, 2.24) is 0 Å². The Labute approximate surface area is 140 Å². The quantitative estimate of drug-likeness (QED) is 0.288. The topological polar surface area (TPSA) is 26.3 Å². The molecule has 0 aliphatic carbocycles. The minimum Gasteiger partial charge on any atom is -0.458 e. The highest BCUT2D eigenvalue weighted by Gasteiger charge is 2.03. The van der Waals surface area contributed by atoms with Gasteiger partial charge in [0.2, 0.25) is 0 Å². The van der Waals surface area contributed by atoms with Crippen molar-refractivity contribution in [2.75, 3.05) is 0 Å². The molecular formula is C22H16O2. The van der Waals surface area contributed by atoms with Gasteiger partial charge in [-0.05, 0) is 68.2 Å². The van der Waals surface area contributed by atoms with Crippen LogP contribution in [0.15, 0.2) is 79.4 Å². The van der Waals surface area contributed by atoms with E-state index in [1.807, 2.05) is 6.07 Å². The number of fused-ring (bicyclic) bond motifs is 3. The van der Waals surface area contributed by atoms with Crippen LogP contribution in [-0.2, 0) is 16.1 Å². The van der Waals surface area contributed by atoms with E-state index in [9.17, 15) is 4.79 Å². The van der Waals surface area contributed by atoms with Gasteiger partial charge in [-0.2, -0.15) is 0 Å². The summed E-state index contributed by atoms with van der Waals surface area (Å²) in [6.07, 6.45) is 1.18. The van der Waals surface area contributed by atoms with Crippen molar-refractivity contribution in [3.63, 3.8) is 0 Å². The van der Waals surface area contributed by atoms with Crippen LogP contribution < -0.4 is 0 Å². The van der Waals surface area contributed by atoms with Crippen LogP contribution in [-0.4, -0.2) is 5.97 Å². The van der Waals surface area contributed by atoms with E-state index in [-0.39, 0.29) is 6.61 Å². The normalized spacial score (nSPS) is 11.0. The molecule has 24 heavy (non-hydrogen) atoms. The fourth-order valence-electron chi connectivity index (χ4n) is 3.04. The molecule has 116 valence electrons. The van der Waals surface area contributed by atoms with E-state index in [4.69, 9.17) is 4.74 Å². The van der Waals surface area contributed by atoms with Crippen LogP contribution in [0.3, 0.4) is 0 Å². The van der Waals surface area contributed by atoms with Gasteiger partial charge < -0.3 is 4.74 Å². The van der Waals surface area contributed by atoms with Gasteiger partial charge in [-0.1, -0.05) is 43.0 Å². The molecule has 0 radical (unpaired) electrons. The number of carbonyl (C=O) groups is 1. The first kappa shape index (κ1) is 14.5. The highest BCUT2D eigenvalue weighted by molar-refractivity contribution is 6.04. The minimum absolute atomic E-state index is 0.260. The Morgan fingerprint density at radius 2 is 1.33 bits per heavy atom. The summed E-state index contributed by atoms with van der Waals surface area (Å²) in [6.45, 7) is 3.67. The fourth-order valence-corrected chi connectivity index (χ4v) is 3.04. The first-order valence-corrected chi connectivity index (χ1v) is 7.87. The van der Waals surface area contributed by atoms with Crippen molar-refractivity contribution in [3.8, 4) is 0 Å². The zero-order valence-corrected chi connectivity index (χ0v) is 13.2. The van der Waals surface area contributed by atoms with Gasteiger partial charge in [0.25, 0.3) is 0 Å². The second-order valence-electron chi connectivity index (χ2n) is 5.89. The molecule has 2 nitrogen and oxygen atoms in total. The van der Waals surface area contributed by atoms with E-state index in [1.165, 1.54) is 33.0 Å². The van der Waals surface area contributed by atoms with Crippen LogP contribution in [0.5, 0.6) is 0 Å². The molecule has 4 aromatic rings. The molecule has 4 rings (SSSR count). The summed E-state index contributed by atoms with van der Waals surface area (Å²) in [5, 5.41) is 7.24. The van der Waals surface area contributed by atoms with E-state index in [0.717, 1.165) is 10.9 Å². The monoisotopic (exact) mass is 312 g/mol. The van der Waals surface area contributed by atoms with Gasteiger partial charge in [0, 0.05) is 6.08 Å². The summed E-state index contributed by atoms with van der Waals surface area (Å²) in [5.74, 6) is -0.403. The van der Waals surface area contributed by atoms with Gasteiger partial charge in [-0.25, -0.2) is 4.79 Å². The Kier molecular flexibility index (Phi) is 3.51.